The van der Waals surface area contributed by atoms with Crippen LogP contribution in [-0.4, -0.2) is 43.1 Å². The first-order valence-electron chi connectivity index (χ1n) is 7.48. The second-order valence-electron chi connectivity index (χ2n) is 5.74. The fourth-order valence-electron chi connectivity index (χ4n) is 2.61. The summed E-state index contributed by atoms with van der Waals surface area (Å²) in [5.41, 5.74) is 0.747. The Kier molecular flexibility index (Phi) is 3.92. The molecular formula is C16H22N2O2. The molecule has 4 nitrogen and oxygen atoms in total. The van der Waals surface area contributed by atoms with Gasteiger partial charge in [-0.05, 0) is 63.0 Å². The van der Waals surface area contributed by atoms with Gasteiger partial charge in [-0.25, -0.2) is 0 Å². The van der Waals surface area contributed by atoms with E-state index in [0.717, 1.165) is 50.1 Å². The maximum atomic E-state index is 12.2. The zero-order valence-corrected chi connectivity index (χ0v) is 12.0. The molecule has 0 radical (unpaired) electrons. The van der Waals surface area contributed by atoms with Crippen molar-refractivity contribution < 1.29 is 9.53 Å². The molecule has 1 aromatic rings. The van der Waals surface area contributed by atoms with Gasteiger partial charge < -0.3 is 15.0 Å². The van der Waals surface area contributed by atoms with Gasteiger partial charge in [-0.2, -0.15) is 0 Å². The summed E-state index contributed by atoms with van der Waals surface area (Å²) in [7, 11) is 1.89. The molecule has 0 aromatic heterocycles. The van der Waals surface area contributed by atoms with E-state index in [1.54, 1.807) is 0 Å². The molecule has 0 spiro atoms. The first kappa shape index (κ1) is 13.4. The molecule has 0 bridgehead atoms. The molecule has 1 aliphatic heterocycles. The van der Waals surface area contributed by atoms with E-state index < -0.39 is 0 Å². The van der Waals surface area contributed by atoms with Crippen molar-refractivity contribution >= 4 is 5.91 Å². The lowest BCUT2D eigenvalue weighted by atomic mass is 10.1. The van der Waals surface area contributed by atoms with E-state index in [2.05, 4.69) is 5.32 Å². The quantitative estimate of drug-likeness (QED) is 0.913. The average molecular weight is 274 g/mol. The molecule has 3 rings (SSSR count). The zero-order valence-electron chi connectivity index (χ0n) is 12.0. The van der Waals surface area contributed by atoms with Crippen molar-refractivity contribution in [2.45, 2.75) is 37.8 Å². The van der Waals surface area contributed by atoms with Gasteiger partial charge in [0.2, 0.25) is 0 Å². The van der Waals surface area contributed by atoms with Crippen molar-refractivity contribution in [3.8, 4) is 5.75 Å². The highest BCUT2D eigenvalue weighted by Crippen LogP contribution is 2.27. The Balaban J connectivity index is 1.60. The lowest BCUT2D eigenvalue weighted by Gasteiger charge is -2.24. The lowest BCUT2D eigenvalue weighted by molar-refractivity contribution is 0.0785. The number of carbonyl (C=O) groups excluding carboxylic acids is 1. The van der Waals surface area contributed by atoms with Crippen LogP contribution in [0.25, 0.3) is 0 Å². The fourth-order valence-corrected chi connectivity index (χ4v) is 2.61. The number of ether oxygens (including phenoxy) is 1. The van der Waals surface area contributed by atoms with Gasteiger partial charge in [0, 0.05) is 18.7 Å². The predicted octanol–water partition coefficient (Wildman–Crippen LogP) is 2.05. The maximum Gasteiger partial charge on any atom is 0.253 e. The van der Waals surface area contributed by atoms with Gasteiger partial charge >= 0.3 is 0 Å². The van der Waals surface area contributed by atoms with Crippen LogP contribution in [0, 0.1) is 0 Å². The third-order valence-corrected chi connectivity index (χ3v) is 4.11. The number of benzene rings is 1. The topological polar surface area (TPSA) is 41.6 Å². The normalized spacial score (nSPS) is 19.6. The highest BCUT2D eigenvalue weighted by Gasteiger charge is 2.30. The standard InChI is InChI=1S/C16H22N2O2/c1-18(13-4-5-13)16(19)12-2-6-14(7-3-12)20-15-8-10-17-11-9-15/h2-3,6-7,13,15,17H,4-5,8-11H2,1H3. The Bertz CT molecular complexity index is 462. The van der Waals surface area contributed by atoms with E-state index in [0.29, 0.717) is 12.1 Å². The van der Waals surface area contributed by atoms with Crippen molar-refractivity contribution in [1.29, 1.82) is 0 Å². The minimum Gasteiger partial charge on any atom is -0.490 e. The van der Waals surface area contributed by atoms with Gasteiger partial charge in [0.1, 0.15) is 11.9 Å². The number of carbonyl (C=O) groups is 1. The molecule has 1 aliphatic carbocycles. The largest absolute Gasteiger partial charge is 0.490 e. The fraction of sp³-hybridized carbons (Fsp3) is 0.562. The molecular weight excluding hydrogens is 252 g/mol. The summed E-state index contributed by atoms with van der Waals surface area (Å²) in [4.78, 5) is 14.1. The second kappa shape index (κ2) is 5.83. The number of hydrogen-bond donors (Lipinski definition) is 1. The Morgan fingerprint density at radius 3 is 2.40 bits per heavy atom. The van der Waals surface area contributed by atoms with E-state index in [1.807, 2.05) is 36.2 Å². The van der Waals surface area contributed by atoms with Crippen LogP contribution in [0.2, 0.25) is 0 Å². The molecule has 1 amide bonds. The second-order valence-corrected chi connectivity index (χ2v) is 5.74. The zero-order chi connectivity index (χ0) is 13.9. The minimum absolute atomic E-state index is 0.112. The van der Waals surface area contributed by atoms with Crippen LogP contribution in [0.4, 0.5) is 0 Å². The number of nitrogens with one attached hydrogen (secondary N) is 1. The van der Waals surface area contributed by atoms with E-state index in [1.165, 1.54) is 0 Å². The summed E-state index contributed by atoms with van der Waals surface area (Å²) < 4.78 is 5.95. The predicted molar refractivity (Wildman–Crippen MR) is 78.1 cm³/mol. The molecule has 1 saturated carbocycles. The summed E-state index contributed by atoms with van der Waals surface area (Å²) in [6, 6.07) is 8.02. The van der Waals surface area contributed by atoms with E-state index in [9.17, 15) is 4.79 Å². The first-order valence-corrected chi connectivity index (χ1v) is 7.48. The van der Waals surface area contributed by atoms with Gasteiger partial charge in [0.05, 0.1) is 0 Å². The van der Waals surface area contributed by atoms with Crippen LogP contribution in [0.3, 0.4) is 0 Å². The molecule has 0 unspecified atom stereocenters. The summed E-state index contributed by atoms with van der Waals surface area (Å²) in [6.07, 6.45) is 4.67. The third-order valence-electron chi connectivity index (χ3n) is 4.11. The summed E-state index contributed by atoms with van der Waals surface area (Å²) in [5, 5.41) is 3.32. The number of nitrogens with zero attached hydrogens (tertiary/aromatic N) is 1. The molecule has 0 atom stereocenters. The number of rotatable bonds is 4. The summed E-state index contributed by atoms with van der Waals surface area (Å²) >= 11 is 0. The van der Waals surface area contributed by atoms with Gasteiger partial charge in [-0.15, -0.1) is 0 Å². The van der Waals surface area contributed by atoms with Gasteiger partial charge in [-0.1, -0.05) is 0 Å². The van der Waals surface area contributed by atoms with E-state index >= 15 is 0 Å². The van der Waals surface area contributed by atoms with Crippen LogP contribution in [-0.2, 0) is 0 Å². The van der Waals surface area contributed by atoms with E-state index in [4.69, 9.17) is 4.74 Å². The number of amides is 1. The number of piperidine rings is 1. The highest BCUT2D eigenvalue weighted by atomic mass is 16.5. The minimum atomic E-state index is 0.112. The Morgan fingerprint density at radius 1 is 1.15 bits per heavy atom. The smallest absolute Gasteiger partial charge is 0.253 e. The highest BCUT2D eigenvalue weighted by molar-refractivity contribution is 5.94. The third kappa shape index (κ3) is 3.12. The van der Waals surface area contributed by atoms with Crippen LogP contribution in [0.5, 0.6) is 5.75 Å². The van der Waals surface area contributed by atoms with Crippen LogP contribution in [0.15, 0.2) is 24.3 Å². The Morgan fingerprint density at radius 2 is 1.80 bits per heavy atom. The molecule has 1 N–H and O–H groups in total. The molecule has 2 fully saturated rings. The van der Waals surface area contributed by atoms with E-state index in [-0.39, 0.29) is 5.91 Å². The molecule has 108 valence electrons. The Labute approximate surface area is 120 Å². The average Bonchev–Trinajstić information content (AvgIpc) is 3.32. The summed E-state index contributed by atoms with van der Waals surface area (Å²) in [6.45, 7) is 2.04. The molecule has 1 heterocycles. The first-order chi connectivity index (χ1) is 9.74. The molecule has 4 heteroatoms. The lowest BCUT2D eigenvalue weighted by Crippen LogP contribution is -2.34. The summed E-state index contributed by atoms with van der Waals surface area (Å²) in [5.74, 6) is 0.975. The van der Waals surface area contributed by atoms with Crippen LogP contribution in [0.1, 0.15) is 36.0 Å². The van der Waals surface area contributed by atoms with Crippen molar-refractivity contribution in [3.63, 3.8) is 0 Å². The van der Waals surface area contributed by atoms with Crippen molar-refractivity contribution in [2.24, 2.45) is 0 Å². The van der Waals surface area contributed by atoms with Gasteiger partial charge in [-0.3, -0.25) is 4.79 Å². The van der Waals surface area contributed by atoms with Crippen molar-refractivity contribution in [1.82, 2.24) is 10.2 Å². The molecule has 2 aliphatic rings. The molecule has 20 heavy (non-hydrogen) atoms. The number of hydrogen-bond acceptors (Lipinski definition) is 3. The van der Waals surface area contributed by atoms with Gasteiger partial charge in [0.15, 0.2) is 0 Å². The maximum absolute atomic E-state index is 12.2. The SMILES string of the molecule is CN(C(=O)c1ccc(OC2CCNCC2)cc1)C1CC1. The molecule has 1 aromatic carbocycles. The van der Waals surface area contributed by atoms with Crippen LogP contribution < -0.4 is 10.1 Å². The van der Waals surface area contributed by atoms with Crippen molar-refractivity contribution in [2.75, 3.05) is 20.1 Å². The molecule has 1 saturated heterocycles. The van der Waals surface area contributed by atoms with Crippen molar-refractivity contribution in [3.05, 3.63) is 29.8 Å². The van der Waals surface area contributed by atoms with Gasteiger partial charge in [0.25, 0.3) is 5.91 Å². The monoisotopic (exact) mass is 274 g/mol. The van der Waals surface area contributed by atoms with Crippen LogP contribution >= 0.6 is 0 Å². The Hall–Kier alpha value is -1.55.